The highest BCUT2D eigenvalue weighted by Crippen LogP contribution is 2.35. The summed E-state index contributed by atoms with van der Waals surface area (Å²) >= 11 is 9.29. The smallest absolute Gasteiger partial charge is 0.141 e. The van der Waals surface area contributed by atoms with Crippen LogP contribution in [0.5, 0.6) is 0 Å². The standard InChI is InChI=1S/C15H12BrClFN/c16-10-2-4-12-9(7-10)1-6-15(12)19-11-3-5-14(18)13(17)8-11/h2-5,7-8,15,19H,1,6H2. The third-order valence-electron chi connectivity index (χ3n) is 3.44. The van der Waals surface area contributed by atoms with E-state index in [9.17, 15) is 4.39 Å². The first-order valence-corrected chi connectivity index (χ1v) is 7.30. The number of halogens is 3. The van der Waals surface area contributed by atoms with Crippen molar-refractivity contribution in [3.63, 3.8) is 0 Å². The van der Waals surface area contributed by atoms with Gasteiger partial charge in [-0.3, -0.25) is 0 Å². The number of aryl methyl sites for hydroxylation is 1. The molecule has 0 fully saturated rings. The van der Waals surface area contributed by atoms with Crippen molar-refractivity contribution >= 4 is 33.2 Å². The number of hydrogen-bond donors (Lipinski definition) is 1. The molecule has 1 aliphatic carbocycles. The fraction of sp³-hybridized carbons (Fsp3) is 0.200. The van der Waals surface area contributed by atoms with Crippen molar-refractivity contribution in [1.29, 1.82) is 0 Å². The summed E-state index contributed by atoms with van der Waals surface area (Å²) < 4.78 is 14.2. The Morgan fingerprint density at radius 1 is 1.21 bits per heavy atom. The monoisotopic (exact) mass is 339 g/mol. The summed E-state index contributed by atoms with van der Waals surface area (Å²) in [6, 6.07) is 11.4. The number of anilines is 1. The van der Waals surface area contributed by atoms with Crippen LogP contribution in [0.1, 0.15) is 23.6 Å². The Bertz CT molecular complexity index is 630. The van der Waals surface area contributed by atoms with Gasteiger partial charge >= 0.3 is 0 Å². The van der Waals surface area contributed by atoms with Gasteiger partial charge in [0.15, 0.2) is 0 Å². The highest BCUT2D eigenvalue weighted by atomic mass is 79.9. The first kappa shape index (κ1) is 12.9. The molecule has 0 bridgehead atoms. The van der Waals surface area contributed by atoms with E-state index in [0.29, 0.717) is 0 Å². The van der Waals surface area contributed by atoms with Gasteiger partial charge in [-0.25, -0.2) is 4.39 Å². The van der Waals surface area contributed by atoms with Crippen LogP contribution in [0.15, 0.2) is 40.9 Å². The number of hydrogen-bond acceptors (Lipinski definition) is 1. The van der Waals surface area contributed by atoms with Crippen LogP contribution in [-0.4, -0.2) is 0 Å². The molecule has 1 N–H and O–H groups in total. The molecular weight excluding hydrogens is 329 g/mol. The van der Waals surface area contributed by atoms with Crippen LogP contribution >= 0.6 is 27.5 Å². The summed E-state index contributed by atoms with van der Waals surface area (Å²) in [6.07, 6.45) is 2.10. The zero-order chi connectivity index (χ0) is 13.4. The second-order valence-corrected chi connectivity index (χ2v) is 6.03. The van der Waals surface area contributed by atoms with Gasteiger partial charge in [0.05, 0.1) is 11.1 Å². The van der Waals surface area contributed by atoms with Crippen molar-refractivity contribution in [3.8, 4) is 0 Å². The lowest BCUT2D eigenvalue weighted by Gasteiger charge is -2.16. The van der Waals surface area contributed by atoms with E-state index in [1.807, 2.05) is 0 Å². The Hall–Kier alpha value is -1.06. The summed E-state index contributed by atoms with van der Waals surface area (Å²) in [5, 5.41) is 3.57. The summed E-state index contributed by atoms with van der Waals surface area (Å²) in [6.45, 7) is 0. The molecule has 0 spiro atoms. The minimum absolute atomic E-state index is 0.152. The fourth-order valence-corrected chi connectivity index (χ4v) is 3.11. The Morgan fingerprint density at radius 3 is 2.84 bits per heavy atom. The van der Waals surface area contributed by atoms with Crippen LogP contribution in [0.3, 0.4) is 0 Å². The molecule has 0 aromatic heterocycles. The third-order valence-corrected chi connectivity index (χ3v) is 4.23. The first-order chi connectivity index (χ1) is 9.13. The highest BCUT2D eigenvalue weighted by molar-refractivity contribution is 9.10. The molecule has 1 aliphatic rings. The highest BCUT2D eigenvalue weighted by Gasteiger charge is 2.22. The van der Waals surface area contributed by atoms with Gasteiger partial charge in [-0.05, 0) is 54.3 Å². The van der Waals surface area contributed by atoms with E-state index in [2.05, 4.69) is 39.4 Å². The average Bonchev–Trinajstić information content (AvgIpc) is 2.76. The Balaban J connectivity index is 1.84. The maximum absolute atomic E-state index is 13.1. The minimum atomic E-state index is -0.386. The lowest BCUT2D eigenvalue weighted by atomic mass is 10.1. The molecule has 0 radical (unpaired) electrons. The average molecular weight is 341 g/mol. The van der Waals surface area contributed by atoms with Gasteiger partial charge < -0.3 is 5.32 Å². The molecular formula is C15H12BrClFN. The van der Waals surface area contributed by atoms with Gasteiger partial charge in [-0.2, -0.15) is 0 Å². The zero-order valence-corrected chi connectivity index (χ0v) is 12.4. The largest absolute Gasteiger partial charge is 0.378 e. The van der Waals surface area contributed by atoms with E-state index in [0.717, 1.165) is 23.0 Å². The molecule has 0 saturated heterocycles. The van der Waals surface area contributed by atoms with E-state index in [-0.39, 0.29) is 16.9 Å². The van der Waals surface area contributed by atoms with Gasteiger partial charge in [0.2, 0.25) is 0 Å². The maximum atomic E-state index is 13.1. The number of nitrogens with one attached hydrogen (secondary N) is 1. The Labute approximate surface area is 124 Å². The molecule has 1 unspecified atom stereocenters. The SMILES string of the molecule is Fc1ccc(NC2CCc3cc(Br)ccc32)cc1Cl. The quantitative estimate of drug-likeness (QED) is 0.778. The summed E-state index contributed by atoms with van der Waals surface area (Å²) in [5.74, 6) is -0.386. The molecule has 0 heterocycles. The summed E-state index contributed by atoms with van der Waals surface area (Å²) in [4.78, 5) is 0. The number of rotatable bonds is 2. The number of benzene rings is 2. The van der Waals surface area contributed by atoms with Crippen LogP contribution in [0, 0.1) is 5.82 Å². The molecule has 98 valence electrons. The predicted molar refractivity (Wildman–Crippen MR) is 80.2 cm³/mol. The number of fused-ring (bicyclic) bond motifs is 1. The molecule has 2 aromatic carbocycles. The van der Waals surface area contributed by atoms with E-state index in [1.165, 1.54) is 17.2 Å². The third kappa shape index (κ3) is 2.63. The Morgan fingerprint density at radius 2 is 2.05 bits per heavy atom. The Kier molecular flexibility index (Phi) is 3.50. The van der Waals surface area contributed by atoms with Crippen molar-refractivity contribution in [2.24, 2.45) is 0 Å². The van der Waals surface area contributed by atoms with Crippen LogP contribution in [-0.2, 0) is 6.42 Å². The molecule has 3 rings (SSSR count). The first-order valence-electron chi connectivity index (χ1n) is 6.13. The second-order valence-electron chi connectivity index (χ2n) is 4.71. The van der Waals surface area contributed by atoms with E-state index < -0.39 is 0 Å². The fourth-order valence-electron chi connectivity index (χ4n) is 2.52. The molecule has 19 heavy (non-hydrogen) atoms. The van der Waals surface area contributed by atoms with Crippen molar-refractivity contribution < 1.29 is 4.39 Å². The topological polar surface area (TPSA) is 12.0 Å². The lowest BCUT2D eigenvalue weighted by molar-refractivity contribution is 0.628. The van der Waals surface area contributed by atoms with Gasteiger partial charge in [-0.1, -0.05) is 33.6 Å². The molecule has 1 nitrogen and oxygen atoms in total. The molecule has 0 aliphatic heterocycles. The van der Waals surface area contributed by atoms with Gasteiger partial charge in [-0.15, -0.1) is 0 Å². The van der Waals surface area contributed by atoms with Gasteiger partial charge in [0.1, 0.15) is 5.82 Å². The molecule has 1 atom stereocenters. The second kappa shape index (κ2) is 5.14. The molecule has 0 amide bonds. The van der Waals surface area contributed by atoms with E-state index >= 15 is 0 Å². The predicted octanol–water partition coefficient (Wildman–Crippen LogP) is 5.34. The van der Waals surface area contributed by atoms with Crippen molar-refractivity contribution in [3.05, 3.63) is 62.8 Å². The molecule has 4 heteroatoms. The van der Waals surface area contributed by atoms with Crippen LogP contribution in [0.4, 0.5) is 10.1 Å². The normalized spacial score (nSPS) is 17.3. The maximum Gasteiger partial charge on any atom is 0.141 e. The molecule has 2 aromatic rings. The van der Waals surface area contributed by atoms with Gasteiger partial charge in [0, 0.05) is 10.2 Å². The van der Waals surface area contributed by atoms with Gasteiger partial charge in [0.25, 0.3) is 0 Å². The summed E-state index contributed by atoms with van der Waals surface area (Å²) in [5.41, 5.74) is 3.52. The van der Waals surface area contributed by atoms with Crippen molar-refractivity contribution in [1.82, 2.24) is 0 Å². The molecule has 0 saturated carbocycles. The van der Waals surface area contributed by atoms with Crippen LogP contribution in [0.2, 0.25) is 5.02 Å². The minimum Gasteiger partial charge on any atom is -0.378 e. The van der Waals surface area contributed by atoms with Crippen LogP contribution in [0.25, 0.3) is 0 Å². The van der Waals surface area contributed by atoms with Crippen molar-refractivity contribution in [2.75, 3.05) is 5.32 Å². The van der Waals surface area contributed by atoms with E-state index in [1.54, 1.807) is 12.1 Å². The lowest BCUT2D eigenvalue weighted by Crippen LogP contribution is -2.07. The summed E-state index contributed by atoms with van der Waals surface area (Å²) in [7, 11) is 0. The zero-order valence-electron chi connectivity index (χ0n) is 10.1. The van der Waals surface area contributed by atoms with Crippen LogP contribution < -0.4 is 5.32 Å². The van der Waals surface area contributed by atoms with E-state index in [4.69, 9.17) is 11.6 Å². The van der Waals surface area contributed by atoms with Crippen molar-refractivity contribution in [2.45, 2.75) is 18.9 Å².